The van der Waals surface area contributed by atoms with E-state index in [9.17, 15) is 19.8 Å². The van der Waals surface area contributed by atoms with Crippen LogP contribution in [0, 0.1) is 0 Å². The van der Waals surface area contributed by atoms with Crippen LogP contribution in [0.15, 0.2) is 12.2 Å². The molecule has 0 aliphatic heterocycles. The first-order chi connectivity index (χ1) is 39.0. The largest absolute Gasteiger partial charge is 0.466 e. The van der Waals surface area contributed by atoms with Crippen LogP contribution in [0.3, 0.4) is 0 Å². The summed E-state index contributed by atoms with van der Waals surface area (Å²) in [7, 11) is 0. The molecule has 0 spiro atoms. The maximum atomic E-state index is 12.6. The third-order valence-corrected chi connectivity index (χ3v) is 17.3. The second kappa shape index (κ2) is 69.1. The Labute approximate surface area is 495 Å². The predicted molar refractivity (Wildman–Crippen MR) is 347 cm³/mol. The van der Waals surface area contributed by atoms with Crippen LogP contribution in [0.5, 0.6) is 0 Å². The molecule has 0 aromatic carbocycles. The Morgan fingerprint density at radius 2 is 0.595 bits per heavy atom. The fourth-order valence-electron chi connectivity index (χ4n) is 11.8. The van der Waals surface area contributed by atoms with Gasteiger partial charge in [0, 0.05) is 12.8 Å². The van der Waals surface area contributed by atoms with E-state index in [0.29, 0.717) is 25.9 Å². The molecule has 6 heteroatoms. The normalized spacial score (nSPS) is 12.5. The van der Waals surface area contributed by atoms with Gasteiger partial charge in [-0.15, -0.1) is 0 Å². The SMILES string of the molecule is CCCCC/C=C\CCCCCCCC(=O)OCCCCCCCCCCCCCCCCCCCCCCCCCCCC(=O)NC(CO)C(O)CCCCCCCCCCCCCCCCCCCCCCCCCCC. The predicted octanol–water partition coefficient (Wildman–Crippen LogP) is 23.5. The Bertz CT molecular complexity index is 1190. The number of aliphatic hydroxyl groups excluding tert-OH is 2. The third kappa shape index (κ3) is 65.6. The number of allylic oxidation sites excluding steroid dienone is 2. The van der Waals surface area contributed by atoms with Gasteiger partial charge in [-0.05, 0) is 51.4 Å². The van der Waals surface area contributed by atoms with E-state index in [0.717, 1.165) is 44.9 Å². The van der Waals surface area contributed by atoms with Crippen LogP contribution in [0.25, 0.3) is 0 Å². The minimum Gasteiger partial charge on any atom is -0.466 e. The Balaban J connectivity index is 3.36. The molecular formula is C73H143NO5. The molecule has 0 aromatic rings. The number of rotatable bonds is 69. The lowest BCUT2D eigenvalue weighted by Crippen LogP contribution is -2.45. The molecule has 0 rings (SSSR count). The molecule has 0 aliphatic carbocycles. The molecule has 0 heterocycles. The molecule has 0 bridgehead atoms. The average molecular weight is 1110 g/mol. The van der Waals surface area contributed by atoms with Gasteiger partial charge in [0.1, 0.15) is 0 Å². The molecule has 79 heavy (non-hydrogen) atoms. The van der Waals surface area contributed by atoms with Crippen molar-refractivity contribution in [1.29, 1.82) is 0 Å². The lowest BCUT2D eigenvalue weighted by atomic mass is 10.0. The van der Waals surface area contributed by atoms with Crippen molar-refractivity contribution in [2.24, 2.45) is 0 Å². The first kappa shape index (κ1) is 77.6. The Morgan fingerprint density at radius 1 is 0.342 bits per heavy atom. The van der Waals surface area contributed by atoms with Gasteiger partial charge in [0.15, 0.2) is 0 Å². The number of hydrogen-bond acceptors (Lipinski definition) is 5. The molecule has 0 aliphatic rings. The second-order valence-corrected chi connectivity index (χ2v) is 25.3. The van der Waals surface area contributed by atoms with E-state index in [2.05, 4.69) is 31.3 Å². The molecule has 0 aromatic heterocycles. The minimum atomic E-state index is -0.664. The highest BCUT2D eigenvalue weighted by Gasteiger charge is 2.20. The third-order valence-electron chi connectivity index (χ3n) is 17.3. The molecule has 1 amide bonds. The van der Waals surface area contributed by atoms with Crippen molar-refractivity contribution in [2.45, 2.75) is 431 Å². The van der Waals surface area contributed by atoms with E-state index in [4.69, 9.17) is 4.74 Å². The zero-order valence-corrected chi connectivity index (χ0v) is 53.9. The van der Waals surface area contributed by atoms with Crippen molar-refractivity contribution in [3.8, 4) is 0 Å². The Hall–Kier alpha value is -1.40. The maximum Gasteiger partial charge on any atom is 0.305 e. The molecule has 0 fully saturated rings. The summed E-state index contributed by atoms with van der Waals surface area (Å²) in [5.74, 6) is -0.0201. The van der Waals surface area contributed by atoms with E-state index >= 15 is 0 Å². The summed E-state index contributed by atoms with van der Waals surface area (Å²) in [5.41, 5.74) is 0. The smallest absolute Gasteiger partial charge is 0.305 e. The molecule has 2 atom stereocenters. The molecule has 470 valence electrons. The number of carbonyl (C=O) groups excluding carboxylic acids is 2. The molecule has 6 nitrogen and oxygen atoms in total. The van der Waals surface area contributed by atoms with Crippen LogP contribution in [0.4, 0.5) is 0 Å². The van der Waals surface area contributed by atoms with Crippen molar-refractivity contribution in [2.75, 3.05) is 13.2 Å². The molecule has 0 saturated carbocycles. The van der Waals surface area contributed by atoms with Gasteiger partial charge >= 0.3 is 5.97 Å². The number of ether oxygens (including phenoxy) is 1. The van der Waals surface area contributed by atoms with Gasteiger partial charge in [-0.1, -0.05) is 366 Å². The lowest BCUT2D eigenvalue weighted by molar-refractivity contribution is -0.143. The maximum absolute atomic E-state index is 12.6. The van der Waals surface area contributed by atoms with Gasteiger partial charge in [-0.25, -0.2) is 0 Å². The van der Waals surface area contributed by atoms with Crippen LogP contribution in [0.1, 0.15) is 418 Å². The highest BCUT2D eigenvalue weighted by Crippen LogP contribution is 2.20. The van der Waals surface area contributed by atoms with Crippen molar-refractivity contribution < 1.29 is 24.5 Å². The number of aliphatic hydroxyl groups is 2. The topological polar surface area (TPSA) is 95.9 Å². The summed E-state index contributed by atoms with van der Waals surface area (Å²) in [5, 5.41) is 23.5. The lowest BCUT2D eigenvalue weighted by Gasteiger charge is -2.22. The highest BCUT2D eigenvalue weighted by atomic mass is 16.5. The van der Waals surface area contributed by atoms with Gasteiger partial charge in [-0.3, -0.25) is 9.59 Å². The standard InChI is InChI=1S/C73H143NO5/c1-3-5-7-9-11-13-15-17-18-19-20-21-22-24-27-30-33-36-39-42-45-49-53-57-61-65-71(76)70(69-75)74-72(77)66-62-58-54-50-46-43-40-37-34-31-28-25-23-26-29-32-35-38-41-44-48-52-56-60-64-68-79-73(78)67-63-59-55-51-47-16-14-12-10-8-6-4-2/h12,14,70-71,75-76H,3-11,13,15-69H2,1-2H3,(H,74,77)/b14-12-. The van der Waals surface area contributed by atoms with E-state index in [-0.39, 0.29) is 18.5 Å². The number of hydrogen-bond donors (Lipinski definition) is 3. The summed E-state index contributed by atoms with van der Waals surface area (Å²) >= 11 is 0. The number of unbranched alkanes of at least 4 members (excludes halogenated alkanes) is 56. The summed E-state index contributed by atoms with van der Waals surface area (Å²) in [4.78, 5) is 24.6. The van der Waals surface area contributed by atoms with Gasteiger partial charge in [-0.2, -0.15) is 0 Å². The van der Waals surface area contributed by atoms with Crippen molar-refractivity contribution in [1.82, 2.24) is 5.32 Å². The van der Waals surface area contributed by atoms with Gasteiger partial charge < -0.3 is 20.3 Å². The van der Waals surface area contributed by atoms with E-state index in [1.807, 2.05) is 0 Å². The summed E-state index contributed by atoms with van der Waals surface area (Å²) in [6.07, 6.45) is 85.6. The zero-order chi connectivity index (χ0) is 57.1. The first-order valence-corrected chi connectivity index (χ1v) is 36.4. The fourth-order valence-corrected chi connectivity index (χ4v) is 11.8. The van der Waals surface area contributed by atoms with Crippen LogP contribution in [-0.2, 0) is 14.3 Å². The number of amides is 1. The van der Waals surface area contributed by atoms with Crippen LogP contribution >= 0.6 is 0 Å². The Morgan fingerprint density at radius 3 is 0.924 bits per heavy atom. The van der Waals surface area contributed by atoms with Crippen LogP contribution < -0.4 is 5.32 Å². The number of carbonyl (C=O) groups is 2. The quantitative estimate of drug-likeness (QED) is 0.0320. The van der Waals surface area contributed by atoms with Crippen molar-refractivity contribution >= 4 is 11.9 Å². The summed E-state index contributed by atoms with van der Waals surface area (Å²) < 4.78 is 5.48. The highest BCUT2D eigenvalue weighted by molar-refractivity contribution is 5.76. The number of esters is 1. The van der Waals surface area contributed by atoms with Gasteiger partial charge in [0.05, 0.1) is 25.4 Å². The average Bonchev–Trinajstić information content (AvgIpc) is 3.45. The first-order valence-electron chi connectivity index (χ1n) is 36.4. The van der Waals surface area contributed by atoms with Crippen molar-refractivity contribution in [3.63, 3.8) is 0 Å². The monoisotopic (exact) mass is 1110 g/mol. The fraction of sp³-hybridized carbons (Fsp3) is 0.945. The van der Waals surface area contributed by atoms with E-state index in [1.165, 1.54) is 340 Å². The van der Waals surface area contributed by atoms with Crippen molar-refractivity contribution in [3.05, 3.63) is 12.2 Å². The molecule has 0 saturated heterocycles. The molecule has 0 radical (unpaired) electrons. The van der Waals surface area contributed by atoms with E-state index in [1.54, 1.807) is 0 Å². The van der Waals surface area contributed by atoms with Gasteiger partial charge in [0.25, 0.3) is 0 Å². The summed E-state index contributed by atoms with van der Waals surface area (Å²) in [6.45, 7) is 4.97. The molecule has 2 unspecified atom stereocenters. The number of nitrogens with one attached hydrogen (secondary N) is 1. The molecular weight excluding hydrogens is 971 g/mol. The minimum absolute atomic E-state index is 0.00747. The van der Waals surface area contributed by atoms with E-state index < -0.39 is 12.1 Å². The van der Waals surface area contributed by atoms with Gasteiger partial charge in [0.2, 0.25) is 5.91 Å². The summed E-state index contributed by atoms with van der Waals surface area (Å²) in [6, 6.07) is -0.541. The van der Waals surface area contributed by atoms with Crippen LogP contribution in [-0.4, -0.2) is 47.4 Å². The Kier molecular flexibility index (Phi) is 67.9. The van der Waals surface area contributed by atoms with Crippen LogP contribution in [0.2, 0.25) is 0 Å². The zero-order valence-electron chi connectivity index (χ0n) is 53.9. The second-order valence-electron chi connectivity index (χ2n) is 25.3. The molecule has 3 N–H and O–H groups in total.